The number of carbonyl (C=O) groups is 2. The Bertz CT molecular complexity index is 1820. The second-order valence-corrected chi connectivity index (χ2v) is 12.3. The number of benzene rings is 3. The highest BCUT2D eigenvalue weighted by Gasteiger charge is 2.30. The van der Waals surface area contributed by atoms with Gasteiger partial charge < -0.3 is 24.7 Å². The highest BCUT2D eigenvalue weighted by Crippen LogP contribution is 2.44. The van der Waals surface area contributed by atoms with Gasteiger partial charge in [0.2, 0.25) is 0 Å². The molecule has 3 aromatic carbocycles. The first kappa shape index (κ1) is 31.0. The van der Waals surface area contributed by atoms with E-state index in [-0.39, 0.29) is 63.0 Å². The van der Waals surface area contributed by atoms with Gasteiger partial charge in [-0.1, -0.05) is 48.5 Å². The Morgan fingerprint density at radius 1 is 0.913 bits per heavy atom. The molecule has 0 bridgehead atoms. The Morgan fingerprint density at radius 2 is 1.52 bits per heavy atom. The third-order valence-electron chi connectivity index (χ3n) is 8.12. The molecule has 0 atom stereocenters. The molecule has 0 spiro atoms. The summed E-state index contributed by atoms with van der Waals surface area (Å²) in [7, 11) is 0. The fraction of sp³-hybridized carbons (Fsp3) is 0.353. The number of nitrogens with zero attached hydrogens (tertiary/aromatic N) is 4. The lowest BCUT2D eigenvalue weighted by Gasteiger charge is -2.37. The number of amides is 2. The first-order valence-electron chi connectivity index (χ1n) is 15.2. The molecule has 1 aliphatic carbocycles. The van der Waals surface area contributed by atoms with Gasteiger partial charge in [-0.05, 0) is 55.2 Å². The molecule has 1 aliphatic heterocycles. The normalized spacial score (nSPS) is 14.6. The van der Waals surface area contributed by atoms with Crippen LogP contribution in [0.5, 0.6) is 0 Å². The molecule has 2 amide bonds. The van der Waals surface area contributed by atoms with Gasteiger partial charge in [0.15, 0.2) is 0 Å². The van der Waals surface area contributed by atoms with Crippen LogP contribution in [-0.2, 0) is 15.9 Å². The molecule has 10 nitrogen and oxygen atoms in total. The van der Waals surface area contributed by atoms with Gasteiger partial charge in [0.05, 0.1) is 13.1 Å². The summed E-state index contributed by atoms with van der Waals surface area (Å²) < 4.78 is 41.8. The van der Waals surface area contributed by atoms with Gasteiger partial charge in [0.25, 0.3) is 5.56 Å². The van der Waals surface area contributed by atoms with Crippen molar-refractivity contribution in [1.29, 1.82) is 0 Å². The van der Waals surface area contributed by atoms with E-state index in [9.17, 15) is 23.2 Å². The Labute approximate surface area is 264 Å². The molecule has 6 rings (SSSR count). The number of aromatic nitrogens is 2. The second-order valence-electron chi connectivity index (χ2n) is 12.3. The van der Waals surface area contributed by atoms with E-state index >= 15 is 0 Å². The monoisotopic (exact) mass is 631 g/mol. The molecule has 1 aromatic heterocycles. The predicted molar refractivity (Wildman–Crippen MR) is 168 cm³/mol. The Morgan fingerprint density at radius 3 is 2.15 bits per heavy atom. The van der Waals surface area contributed by atoms with E-state index < -0.39 is 40.4 Å². The van der Waals surface area contributed by atoms with Crippen LogP contribution >= 0.6 is 0 Å². The van der Waals surface area contributed by atoms with Crippen LogP contribution in [0.15, 0.2) is 65.5 Å². The van der Waals surface area contributed by atoms with Gasteiger partial charge in [0, 0.05) is 32.0 Å². The summed E-state index contributed by atoms with van der Waals surface area (Å²) in [6.45, 7) is 6.39. The van der Waals surface area contributed by atoms with Gasteiger partial charge in [-0.3, -0.25) is 4.79 Å². The molecule has 240 valence electrons. The smallest absolute Gasteiger partial charge is 0.410 e. The van der Waals surface area contributed by atoms with E-state index in [1.165, 1.54) is 9.58 Å². The minimum absolute atomic E-state index is 0.0173. The molecule has 2 aliphatic rings. The zero-order valence-corrected chi connectivity index (χ0v) is 25.9. The van der Waals surface area contributed by atoms with Crippen molar-refractivity contribution in [3.63, 3.8) is 0 Å². The average molecular weight is 632 g/mol. The maximum Gasteiger partial charge on any atom is 0.410 e. The quantitative estimate of drug-likeness (QED) is 0.321. The average Bonchev–Trinajstić information content (AvgIpc) is 3.34. The van der Waals surface area contributed by atoms with E-state index in [1.807, 2.05) is 36.4 Å². The molecule has 4 aromatic rings. The standard InChI is InChI=1S/C34H35F2N5O5/c1-34(2,3)46-33(44)39-16-18-40(19-17-39)41-28(38-30-27(36)13-12-26(35)29(30)31(41)42)14-15-37-32(43)45-20-25-23-10-6-4-8-21(23)22-9-5-7-11-24(22)25/h4-13,25H,14-20H2,1-3H3,(H,37,43). The van der Waals surface area contributed by atoms with Crippen molar-refractivity contribution in [3.8, 4) is 11.1 Å². The minimum atomic E-state index is -0.890. The lowest BCUT2D eigenvalue weighted by atomic mass is 9.98. The van der Waals surface area contributed by atoms with E-state index in [1.54, 1.807) is 25.8 Å². The van der Waals surface area contributed by atoms with E-state index in [2.05, 4.69) is 22.4 Å². The van der Waals surface area contributed by atoms with Crippen molar-refractivity contribution in [2.24, 2.45) is 0 Å². The number of hydrogen-bond acceptors (Lipinski definition) is 7. The van der Waals surface area contributed by atoms with Gasteiger partial charge in [0.1, 0.15) is 40.6 Å². The molecule has 1 saturated heterocycles. The first-order valence-corrected chi connectivity index (χ1v) is 15.2. The van der Waals surface area contributed by atoms with Crippen molar-refractivity contribution in [1.82, 2.24) is 19.9 Å². The number of halogens is 2. The second kappa shape index (κ2) is 12.4. The predicted octanol–water partition coefficient (Wildman–Crippen LogP) is 4.94. The summed E-state index contributed by atoms with van der Waals surface area (Å²) in [6, 6.07) is 17.9. The number of hydrogen-bond donors (Lipinski definition) is 1. The first-order chi connectivity index (χ1) is 22.0. The lowest BCUT2D eigenvalue weighted by molar-refractivity contribution is 0.0231. The van der Waals surface area contributed by atoms with Crippen molar-refractivity contribution in [2.75, 3.05) is 44.3 Å². The van der Waals surface area contributed by atoms with E-state index in [0.29, 0.717) is 0 Å². The molecule has 12 heteroatoms. The topological polar surface area (TPSA) is 106 Å². The third kappa shape index (κ3) is 6.11. The number of piperazine rings is 1. The summed E-state index contributed by atoms with van der Waals surface area (Å²) in [4.78, 5) is 44.9. The maximum absolute atomic E-state index is 14.8. The highest BCUT2D eigenvalue weighted by molar-refractivity contribution is 5.80. The van der Waals surface area contributed by atoms with E-state index in [0.717, 1.165) is 34.4 Å². The summed E-state index contributed by atoms with van der Waals surface area (Å²) in [6.07, 6.45) is -1.10. The van der Waals surface area contributed by atoms with Crippen LogP contribution in [0.1, 0.15) is 43.6 Å². The largest absolute Gasteiger partial charge is 0.449 e. The summed E-state index contributed by atoms with van der Waals surface area (Å²) in [5, 5.41) is 3.87. The molecule has 0 radical (unpaired) electrons. The maximum atomic E-state index is 14.8. The molecule has 0 saturated carbocycles. The zero-order valence-electron chi connectivity index (χ0n) is 25.9. The van der Waals surface area contributed by atoms with Crippen LogP contribution in [0, 0.1) is 11.6 Å². The van der Waals surface area contributed by atoms with Crippen LogP contribution in [0.3, 0.4) is 0 Å². The van der Waals surface area contributed by atoms with Crippen LogP contribution in [0.25, 0.3) is 22.0 Å². The SMILES string of the molecule is CC(C)(C)OC(=O)N1CCN(n2c(CCNC(=O)OCC3c4ccccc4-c4ccccc43)nc3c(F)ccc(F)c3c2=O)CC1. The van der Waals surface area contributed by atoms with Crippen molar-refractivity contribution in [3.05, 3.63) is 99.6 Å². The number of fused-ring (bicyclic) bond motifs is 4. The Kier molecular flexibility index (Phi) is 8.37. The summed E-state index contributed by atoms with van der Waals surface area (Å²) in [5.74, 6) is -1.70. The van der Waals surface area contributed by atoms with Gasteiger partial charge in [-0.2, -0.15) is 0 Å². The Hall–Kier alpha value is -5.00. The molecule has 1 fully saturated rings. The van der Waals surface area contributed by atoms with Crippen molar-refractivity contribution >= 4 is 23.1 Å². The number of alkyl carbamates (subject to hydrolysis) is 1. The molecule has 1 N–H and O–H groups in total. The number of ether oxygens (including phenoxy) is 2. The molecular weight excluding hydrogens is 596 g/mol. The fourth-order valence-corrected chi connectivity index (χ4v) is 6.04. The van der Waals surface area contributed by atoms with Crippen LogP contribution < -0.4 is 15.9 Å². The van der Waals surface area contributed by atoms with Crippen molar-refractivity contribution < 1.29 is 27.8 Å². The van der Waals surface area contributed by atoms with E-state index in [4.69, 9.17) is 9.47 Å². The molecule has 46 heavy (non-hydrogen) atoms. The number of nitrogens with one attached hydrogen (secondary N) is 1. The lowest BCUT2D eigenvalue weighted by Crippen LogP contribution is -2.57. The van der Waals surface area contributed by atoms with Crippen LogP contribution in [0.2, 0.25) is 0 Å². The third-order valence-corrected chi connectivity index (χ3v) is 8.12. The zero-order chi connectivity index (χ0) is 32.6. The number of rotatable bonds is 6. The Balaban J connectivity index is 1.16. The summed E-state index contributed by atoms with van der Waals surface area (Å²) >= 11 is 0. The minimum Gasteiger partial charge on any atom is -0.449 e. The van der Waals surface area contributed by atoms with Crippen molar-refractivity contribution in [2.45, 2.75) is 38.7 Å². The van der Waals surface area contributed by atoms with Gasteiger partial charge in [-0.15, -0.1) is 0 Å². The number of carbonyl (C=O) groups excluding carboxylic acids is 2. The molecular formula is C34H35F2N5O5. The van der Waals surface area contributed by atoms with Crippen LogP contribution in [-0.4, -0.2) is 71.7 Å². The molecule has 2 heterocycles. The van der Waals surface area contributed by atoms with Crippen LogP contribution in [0.4, 0.5) is 18.4 Å². The van der Waals surface area contributed by atoms with Gasteiger partial charge >= 0.3 is 12.2 Å². The summed E-state index contributed by atoms with van der Waals surface area (Å²) in [5.41, 5.74) is 2.58. The highest BCUT2D eigenvalue weighted by atomic mass is 19.1. The molecule has 0 unspecified atom stereocenters. The fourth-order valence-electron chi connectivity index (χ4n) is 6.04. The van der Waals surface area contributed by atoms with Gasteiger partial charge in [-0.25, -0.2) is 28.0 Å².